The molecule has 0 bridgehead atoms. The topological polar surface area (TPSA) is 92.6 Å². The number of unbranched alkanes of at least 4 members (excludes halogenated alkanes) is 15. The molecule has 0 saturated carbocycles. The molecule has 5 nitrogen and oxygen atoms in total. The Bertz CT molecular complexity index is 363. The first-order valence-electron chi connectivity index (χ1n) is 10.9. The molecule has 0 aliphatic carbocycles. The van der Waals surface area contributed by atoms with E-state index in [1.54, 1.807) is 0 Å². The van der Waals surface area contributed by atoms with Crippen LogP contribution in [0.25, 0.3) is 0 Å². The van der Waals surface area contributed by atoms with E-state index in [9.17, 15) is 9.90 Å². The third-order valence-corrected chi connectivity index (χ3v) is 4.34. The second-order valence-corrected chi connectivity index (χ2v) is 7.15. The molecule has 0 rings (SSSR count). The van der Waals surface area contributed by atoms with Crippen LogP contribution in [0.3, 0.4) is 0 Å². The summed E-state index contributed by atoms with van der Waals surface area (Å²) in [7, 11) is 0. The number of carboxylic acid groups (broad SMARTS) is 2. The molecule has 0 N–H and O–H groups in total. The molecule has 29 heavy (non-hydrogen) atoms. The third kappa shape index (κ3) is 47.7. The number of rotatable bonds is 18. The Balaban J connectivity index is -0.000000473. The minimum Gasteiger partial charge on any atom is -0.550 e. The van der Waals surface area contributed by atoms with Crippen molar-refractivity contribution in [1.82, 2.24) is 0 Å². The zero-order chi connectivity index (χ0) is 20.6. The Hall–Kier alpha value is 0.610. The van der Waals surface area contributed by atoms with Crippen molar-refractivity contribution >= 4 is 18.2 Å². The number of carbonyl (C=O) groups excluding carboxylic acids is 2. The predicted octanol–water partition coefficient (Wildman–Crippen LogP) is -2.17. The van der Waals surface area contributed by atoms with Gasteiger partial charge < -0.3 is 19.8 Å². The number of nitrogens with zero attached hydrogens (tertiary/aromatic N) is 1. The van der Waals surface area contributed by atoms with Crippen LogP contribution in [0.2, 0.25) is 0 Å². The Labute approximate surface area is 223 Å². The average Bonchev–Trinajstić information content (AvgIpc) is 2.60. The van der Waals surface area contributed by atoms with Crippen molar-refractivity contribution in [3.8, 4) is 0 Å². The number of hydrogen-bond donors (Lipinski definition) is 0. The van der Waals surface area contributed by atoms with Crippen LogP contribution in [0.15, 0.2) is 4.99 Å². The number of carbonyl (C=O) groups is 2. The summed E-state index contributed by atoms with van der Waals surface area (Å²) in [6.07, 6.45) is 22.5. The van der Waals surface area contributed by atoms with E-state index in [0.717, 1.165) is 26.0 Å². The molecule has 0 aromatic heterocycles. The van der Waals surface area contributed by atoms with Gasteiger partial charge in [0.2, 0.25) is 0 Å². The SMILES string of the molecule is CC(=O)[O-].CCCCCCCCCCCCCCCCCCN=CC(=O)[O-].[Na+].[Na+]. The fraction of sp³-hybridized carbons (Fsp3) is 0.864. The van der Waals surface area contributed by atoms with E-state index < -0.39 is 11.9 Å². The standard InChI is InChI=1S/C20H39NO2.C2H4O2.2Na/c1-2-3-4-5-6-7-8-9-10-11-12-13-14-15-16-17-18-21-19-20(22)23;1-2(3)4;;/h19H,2-18H2,1H3,(H,22,23);1H3,(H,3,4);;/q;;2*+1/p-2. The van der Waals surface area contributed by atoms with E-state index in [2.05, 4.69) is 11.9 Å². The number of aliphatic carboxylic acids is 2. The Morgan fingerprint density at radius 2 is 0.931 bits per heavy atom. The van der Waals surface area contributed by atoms with Gasteiger partial charge in [-0.1, -0.05) is 103 Å². The summed E-state index contributed by atoms with van der Waals surface area (Å²) in [4.78, 5) is 22.8. The van der Waals surface area contributed by atoms with Gasteiger partial charge in [0, 0.05) is 18.7 Å². The molecular weight excluding hydrogens is 388 g/mol. The Morgan fingerprint density at radius 3 is 1.21 bits per heavy atom. The van der Waals surface area contributed by atoms with E-state index in [1.165, 1.54) is 89.9 Å². The molecule has 0 unspecified atom stereocenters. The fourth-order valence-electron chi connectivity index (χ4n) is 2.89. The van der Waals surface area contributed by atoms with Gasteiger partial charge in [-0.05, 0) is 13.3 Å². The van der Waals surface area contributed by atoms with Crippen molar-refractivity contribution in [1.29, 1.82) is 0 Å². The van der Waals surface area contributed by atoms with Crippen LogP contribution in [0, 0.1) is 0 Å². The number of aliphatic imine (C=N–C) groups is 1. The van der Waals surface area contributed by atoms with Gasteiger partial charge in [-0.25, -0.2) is 0 Å². The van der Waals surface area contributed by atoms with Crippen LogP contribution in [0.1, 0.15) is 117 Å². The maximum Gasteiger partial charge on any atom is 1.00 e. The van der Waals surface area contributed by atoms with Gasteiger partial charge >= 0.3 is 59.1 Å². The van der Waals surface area contributed by atoms with Gasteiger partial charge in [0.1, 0.15) is 0 Å². The molecule has 0 aromatic rings. The normalized spacial score (nSPS) is 9.86. The second-order valence-electron chi connectivity index (χ2n) is 7.15. The van der Waals surface area contributed by atoms with Crippen LogP contribution in [0.4, 0.5) is 0 Å². The van der Waals surface area contributed by atoms with Crippen molar-refractivity contribution in [2.75, 3.05) is 6.54 Å². The maximum atomic E-state index is 10.1. The summed E-state index contributed by atoms with van der Waals surface area (Å²) in [6.45, 7) is 3.86. The first-order chi connectivity index (χ1) is 13.0. The molecule has 0 aliphatic heterocycles. The molecule has 0 spiro atoms. The van der Waals surface area contributed by atoms with Crippen molar-refractivity contribution in [2.45, 2.75) is 117 Å². The molecule has 0 atom stereocenters. The summed E-state index contributed by atoms with van der Waals surface area (Å²) in [6, 6.07) is 0. The molecular formula is C22H41NNa2O4. The van der Waals surface area contributed by atoms with Gasteiger partial charge in [0.15, 0.2) is 0 Å². The van der Waals surface area contributed by atoms with Crippen LogP contribution >= 0.6 is 0 Å². The summed E-state index contributed by atoms with van der Waals surface area (Å²) < 4.78 is 0. The van der Waals surface area contributed by atoms with Gasteiger partial charge in [0.25, 0.3) is 0 Å². The number of hydrogen-bond acceptors (Lipinski definition) is 5. The second kappa shape index (κ2) is 33.3. The van der Waals surface area contributed by atoms with Gasteiger partial charge in [-0.2, -0.15) is 0 Å². The van der Waals surface area contributed by atoms with E-state index >= 15 is 0 Å². The largest absolute Gasteiger partial charge is 1.00 e. The average molecular weight is 430 g/mol. The summed E-state index contributed by atoms with van der Waals surface area (Å²) in [5.74, 6) is -2.28. The predicted molar refractivity (Wildman–Crippen MR) is 109 cm³/mol. The van der Waals surface area contributed by atoms with E-state index in [0.29, 0.717) is 6.54 Å². The zero-order valence-corrected chi connectivity index (χ0v) is 23.7. The van der Waals surface area contributed by atoms with Gasteiger partial charge in [0.05, 0.1) is 5.97 Å². The Kier molecular flexibility index (Phi) is 42.4. The molecule has 0 aliphatic rings. The monoisotopic (exact) mass is 429 g/mol. The van der Waals surface area contributed by atoms with Crippen LogP contribution in [0.5, 0.6) is 0 Å². The minimum atomic E-state index is -1.19. The van der Waals surface area contributed by atoms with Gasteiger partial charge in [-0.15, -0.1) is 0 Å². The molecule has 0 radical (unpaired) electrons. The maximum absolute atomic E-state index is 10.1. The molecule has 0 amide bonds. The quantitative estimate of drug-likeness (QED) is 0.141. The van der Waals surface area contributed by atoms with Crippen molar-refractivity contribution < 1.29 is 78.9 Å². The first-order valence-corrected chi connectivity index (χ1v) is 10.9. The molecule has 7 heteroatoms. The van der Waals surface area contributed by atoms with Crippen molar-refractivity contribution in [2.24, 2.45) is 4.99 Å². The van der Waals surface area contributed by atoms with E-state index in [1.807, 2.05) is 0 Å². The van der Waals surface area contributed by atoms with Crippen molar-refractivity contribution in [3.63, 3.8) is 0 Å². The molecule has 0 aromatic carbocycles. The summed E-state index contributed by atoms with van der Waals surface area (Å²) in [5.41, 5.74) is 0. The third-order valence-electron chi connectivity index (χ3n) is 4.34. The fourth-order valence-corrected chi connectivity index (χ4v) is 2.89. The summed E-state index contributed by atoms with van der Waals surface area (Å²) >= 11 is 0. The van der Waals surface area contributed by atoms with Crippen LogP contribution < -0.4 is 69.3 Å². The molecule has 0 saturated heterocycles. The van der Waals surface area contributed by atoms with Crippen LogP contribution in [-0.4, -0.2) is 24.7 Å². The van der Waals surface area contributed by atoms with Gasteiger partial charge in [-0.3, -0.25) is 4.99 Å². The first kappa shape index (κ1) is 37.0. The summed E-state index contributed by atoms with van der Waals surface area (Å²) in [5, 5.41) is 19.0. The molecule has 160 valence electrons. The minimum absolute atomic E-state index is 0. The number of carboxylic acids is 2. The van der Waals surface area contributed by atoms with E-state index in [-0.39, 0.29) is 59.1 Å². The molecule has 0 fully saturated rings. The zero-order valence-electron chi connectivity index (χ0n) is 19.7. The Morgan fingerprint density at radius 1 is 0.655 bits per heavy atom. The smallest absolute Gasteiger partial charge is 0.550 e. The van der Waals surface area contributed by atoms with Crippen LogP contribution in [-0.2, 0) is 9.59 Å². The van der Waals surface area contributed by atoms with Crippen molar-refractivity contribution in [3.05, 3.63) is 0 Å². The molecule has 0 heterocycles. The van der Waals surface area contributed by atoms with E-state index in [4.69, 9.17) is 9.90 Å².